The van der Waals surface area contributed by atoms with Crippen LogP contribution in [0.3, 0.4) is 0 Å². The van der Waals surface area contributed by atoms with Gasteiger partial charge in [-0.05, 0) is 37.0 Å². The predicted octanol–water partition coefficient (Wildman–Crippen LogP) is 1.75. The first-order valence-corrected chi connectivity index (χ1v) is 7.49. The van der Waals surface area contributed by atoms with Gasteiger partial charge in [-0.15, -0.1) is 12.4 Å². The number of hydrogen-bond donors (Lipinski definition) is 3. The molecule has 22 heavy (non-hydrogen) atoms. The zero-order valence-corrected chi connectivity index (χ0v) is 13.7. The number of rotatable bonds is 7. The summed E-state index contributed by atoms with van der Waals surface area (Å²) >= 11 is 0. The third kappa shape index (κ3) is 5.00. The number of nitrogens with two attached hydrogens (primary N) is 1. The van der Waals surface area contributed by atoms with Crippen LogP contribution in [0, 0.1) is 0 Å². The van der Waals surface area contributed by atoms with Crippen molar-refractivity contribution in [2.45, 2.75) is 44.7 Å². The van der Waals surface area contributed by atoms with Gasteiger partial charge < -0.3 is 16.4 Å². The number of unbranched alkanes of at least 4 members (excludes halogenated alkanes) is 1. The van der Waals surface area contributed by atoms with Crippen LogP contribution >= 0.6 is 12.4 Å². The quantitative estimate of drug-likeness (QED) is 0.668. The highest BCUT2D eigenvalue weighted by Crippen LogP contribution is 2.32. The molecule has 2 rings (SSSR count). The summed E-state index contributed by atoms with van der Waals surface area (Å²) in [5, 5.41) is 5.70. The van der Waals surface area contributed by atoms with Crippen LogP contribution in [0.1, 0.15) is 48.5 Å². The van der Waals surface area contributed by atoms with Gasteiger partial charge in [-0.2, -0.15) is 0 Å². The van der Waals surface area contributed by atoms with Crippen LogP contribution in [0.25, 0.3) is 0 Å². The first-order valence-electron chi connectivity index (χ1n) is 7.49. The fourth-order valence-electron chi connectivity index (χ4n) is 1.97. The maximum Gasteiger partial charge on any atom is 0.251 e. The van der Waals surface area contributed by atoms with Gasteiger partial charge >= 0.3 is 0 Å². The van der Waals surface area contributed by atoms with Crippen molar-refractivity contribution in [1.29, 1.82) is 0 Å². The molecule has 0 aromatic heterocycles. The van der Waals surface area contributed by atoms with E-state index in [9.17, 15) is 9.59 Å². The Labute approximate surface area is 137 Å². The summed E-state index contributed by atoms with van der Waals surface area (Å²) in [5.74, 6) is -0.151. The lowest BCUT2D eigenvalue weighted by molar-refractivity contribution is -0.123. The van der Waals surface area contributed by atoms with Gasteiger partial charge in [0.25, 0.3) is 5.91 Å². The number of carbonyl (C=O) groups excluding carboxylic acids is 2. The van der Waals surface area contributed by atoms with Crippen molar-refractivity contribution in [3.63, 3.8) is 0 Å². The highest BCUT2D eigenvalue weighted by Gasteiger charge is 2.45. The monoisotopic (exact) mass is 325 g/mol. The molecule has 4 N–H and O–H groups in total. The number of amides is 2. The third-order valence-corrected chi connectivity index (χ3v) is 3.73. The van der Waals surface area contributed by atoms with Crippen LogP contribution in [0.2, 0.25) is 0 Å². The maximum atomic E-state index is 11.8. The minimum absolute atomic E-state index is 0. The molecular formula is C16H24ClN3O2. The van der Waals surface area contributed by atoms with Crippen molar-refractivity contribution in [2.75, 3.05) is 6.54 Å². The van der Waals surface area contributed by atoms with Crippen molar-refractivity contribution >= 4 is 24.2 Å². The third-order valence-electron chi connectivity index (χ3n) is 3.73. The van der Waals surface area contributed by atoms with Crippen LogP contribution in [-0.2, 0) is 11.3 Å². The average molecular weight is 326 g/mol. The van der Waals surface area contributed by atoms with Gasteiger partial charge in [0, 0.05) is 18.7 Å². The Bertz CT molecular complexity index is 513. The number of benzene rings is 1. The zero-order valence-electron chi connectivity index (χ0n) is 12.9. The number of hydrogen-bond acceptors (Lipinski definition) is 3. The summed E-state index contributed by atoms with van der Waals surface area (Å²) in [6.07, 6.45) is 3.56. The highest BCUT2D eigenvalue weighted by molar-refractivity contribution is 5.94. The van der Waals surface area contributed by atoms with E-state index in [1.165, 1.54) is 0 Å². The van der Waals surface area contributed by atoms with Crippen molar-refractivity contribution in [3.05, 3.63) is 35.4 Å². The van der Waals surface area contributed by atoms with Gasteiger partial charge in [-0.3, -0.25) is 9.59 Å². The van der Waals surface area contributed by atoms with Gasteiger partial charge in [0.15, 0.2) is 0 Å². The van der Waals surface area contributed by atoms with Crippen LogP contribution in [0.4, 0.5) is 0 Å². The minimum atomic E-state index is -0.640. The minimum Gasteiger partial charge on any atom is -0.352 e. The van der Waals surface area contributed by atoms with Gasteiger partial charge in [0.05, 0.1) is 5.54 Å². The second-order valence-electron chi connectivity index (χ2n) is 5.65. The Morgan fingerprint density at radius 1 is 1.18 bits per heavy atom. The molecule has 0 spiro atoms. The molecule has 6 heteroatoms. The van der Waals surface area contributed by atoms with E-state index in [0.717, 1.165) is 31.2 Å². The van der Waals surface area contributed by atoms with Crippen LogP contribution in [0.5, 0.6) is 0 Å². The molecular weight excluding hydrogens is 302 g/mol. The summed E-state index contributed by atoms with van der Waals surface area (Å²) in [4.78, 5) is 23.6. The Morgan fingerprint density at radius 2 is 1.82 bits per heavy atom. The lowest BCUT2D eigenvalue weighted by atomic mass is 10.1. The van der Waals surface area contributed by atoms with Gasteiger partial charge in [0.2, 0.25) is 5.91 Å². The van der Waals surface area contributed by atoms with Crippen LogP contribution < -0.4 is 16.4 Å². The van der Waals surface area contributed by atoms with E-state index in [2.05, 4.69) is 17.6 Å². The molecule has 0 aliphatic heterocycles. The highest BCUT2D eigenvalue weighted by atomic mass is 35.5. The molecule has 2 amide bonds. The lowest BCUT2D eigenvalue weighted by Crippen LogP contribution is -2.42. The SMILES string of the molecule is CCCCNC(=O)c1ccc(CNC(=O)C2(N)CC2)cc1.Cl. The molecule has 0 atom stereocenters. The van der Waals surface area contributed by atoms with Crippen LogP contribution in [0.15, 0.2) is 24.3 Å². The number of carbonyl (C=O) groups is 2. The Hall–Kier alpha value is -1.59. The lowest BCUT2D eigenvalue weighted by Gasteiger charge is -2.10. The molecule has 0 unspecified atom stereocenters. The number of halogens is 1. The summed E-state index contributed by atoms with van der Waals surface area (Å²) in [7, 11) is 0. The summed E-state index contributed by atoms with van der Waals surface area (Å²) in [6.45, 7) is 3.23. The van der Waals surface area contributed by atoms with Gasteiger partial charge in [0.1, 0.15) is 0 Å². The molecule has 1 aromatic carbocycles. The first kappa shape index (κ1) is 18.5. The Balaban J connectivity index is 0.00000242. The van der Waals surface area contributed by atoms with E-state index < -0.39 is 5.54 Å². The fourth-order valence-corrected chi connectivity index (χ4v) is 1.97. The summed E-state index contributed by atoms with van der Waals surface area (Å²) < 4.78 is 0. The summed E-state index contributed by atoms with van der Waals surface area (Å²) in [5.41, 5.74) is 6.77. The van der Waals surface area contributed by atoms with E-state index in [4.69, 9.17) is 5.73 Å². The largest absolute Gasteiger partial charge is 0.352 e. The normalized spacial score (nSPS) is 14.6. The van der Waals surface area contributed by atoms with E-state index in [1.54, 1.807) is 12.1 Å². The second kappa shape index (κ2) is 8.15. The number of nitrogens with one attached hydrogen (secondary N) is 2. The van der Waals surface area contributed by atoms with Crippen molar-refractivity contribution in [1.82, 2.24) is 10.6 Å². The molecule has 1 aliphatic rings. The van der Waals surface area contributed by atoms with Gasteiger partial charge in [-0.25, -0.2) is 0 Å². The smallest absolute Gasteiger partial charge is 0.251 e. The molecule has 1 aromatic rings. The summed E-state index contributed by atoms with van der Waals surface area (Å²) in [6, 6.07) is 7.26. The first-order chi connectivity index (χ1) is 10.0. The van der Waals surface area contributed by atoms with E-state index in [0.29, 0.717) is 18.7 Å². The van der Waals surface area contributed by atoms with E-state index >= 15 is 0 Å². The topological polar surface area (TPSA) is 84.2 Å². The maximum absolute atomic E-state index is 11.8. The van der Waals surface area contributed by atoms with Gasteiger partial charge in [-0.1, -0.05) is 25.5 Å². The molecule has 122 valence electrons. The molecule has 0 heterocycles. The second-order valence-corrected chi connectivity index (χ2v) is 5.65. The van der Waals surface area contributed by atoms with Crippen molar-refractivity contribution in [3.8, 4) is 0 Å². The standard InChI is InChI=1S/C16H23N3O2.ClH/c1-2-3-10-18-14(20)13-6-4-12(5-7-13)11-19-15(21)16(17)8-9-16;/h4-7H,2-3,8-11,17H2,1H3,(H,18,20)(H,19,21);1H. The zero-order chi connectivity index (χ0) is 15.3. The molecule has 5 nitrogen and oxygen atoms in total. The molecule has 1 fully saturated rings. The Morgan fingerprint density at radius 3 is 2.36 bits per heavy atom. The van der Waals surface area contributed by atoms with Crippen LogP contribution in [-0.4, -0.2) is 23.9 Å². The van der Waals surface area contributed by atoms with E-state index in [-0.39, 0.29) is 24.2 Å². The van der Waals surface area contributed by atoms with Crippen molar-refractivity contribution < 1.29 is 9.59 Å². The molecule has 1 saturated carbocycles. The molecule has 0 saturated heterocycles. The average Bonchev–Trinajstić information content (AvgIpc) is 3.24. The molecule has 1 aliphatic carbocycles. The predicted molar refractivity (Wildman–Crippen MR) is 88.9 cm³/mol. The van der Waals surface area contributed by atoms with Crippen molar-refractivity contribution in [2.24, 2.45) is 5.73 Å². The molecule has 0 bridgehead atoms. The Kier molecular flexibility index (Phi) is 6.84. The fraction of sp³-hybridized carbons (Fsp3) is 0.500. The van der Waals surface area contributed by atoms with E-state index in [1.807, 2.05) is 12.1 Å². The molecule has 0 radical (unpaired) electrons.